The summed E-state index contributed by atoms with van der Waals surface area (Å²) in [5, 5.41) is 9.22. The molecule has 0 radical (unpaired) electrons. The van der Waals surface area contributed by atoms with Crippen LogP contribution >= 0.6 is 0 Å². The van der Waals surface area contributed by atoms with Crippen LogP contribution in [0.2, 0.25) is 0 Å². The summed E-state index contributed by atoms with van der Waals surface area (Å²) in [5.41, 5.74) is 0.588. The third-order valence-electron chi connectivity index (χ3n) is 2.80. The molecule has 0 heterocycles. The molecule has 0 aliphatic rings. The highest BCUT2D eigenvalue weighted by Gasteiger charge is 2.17. The molecule has 0 amide bonds. The molecule has 2 aromatic rings. The van der Waals surface area contributed by atoms with Crippen LogP contribution in [0.3, 0.4) is 0 Å². The molecule has 0 unspecified atom stereocenters. The number of carbonyl (C=O) groups is 1. The Morgan fingerprint density at radius 3 is 2.38 bits per heavy atom. The van der Waals surface area contributed by atoms with E-state index in [1.165, 1.54) is 43.3 Å². The third-order valence-corrected chi connectivity index (χ3v) is 4.57. The van der Waals surface area contributed by atoms with Crippen LogP contribution in [0, 0.1) is 0 Å². The SMILES string of the molecule is CC(=O)OCc1cccc(S(=O)(=O)c2ccc(O)cc2)c1. The highest BCUT2D eigenvalue weighted by Crippen LogP contribution is 2.23. The lowest BCUT2D eigenvalue weighted by Gasteiger charge is -2.07. The molecule has 0 atom stereocenters. The molecule has 110 valence electrons. The number of sulfone groups is 1. The molecule has 6 heteroatoms. The van der Waals surface area contributed by atoms with Crippen LogP contribution in [0.15, 0.2) is 58.3 Å². The van der Waals surface area contributed by atoms with Gasteiger partial charge >= 0.3 is 5.97 Å². The summed E-state index contributed by atoms with van der Waals surface area (Å²) in [4.78, 5) is 11.0. The van der Waals surface area contributed by atoms with Crippen LogP contribution in [0.5, 0.6) is 5.75 Å². The van der Waals surface area contributed by atoms with Gasteiger partial charge in [0.05, 0.1) is 9.79 Å². The number of carbonyl (C=O) groups excluding carboxylic acids is 1. The standard InChI is InChI=1S/C15H14O5S/c1-11(16)20-10-12-3-2-4-15(9-12)21(18,19)14-7-5-13(17)6-8-14/h2-9,17H,10H2,1H3. The lowest BCUT2D eigenvalue weighted by atomic mass is 10.2. The van der Waals surface area contributed by atoms with Gasteiger partial charge in [-0.1, -0.05) is 12.1 Å². The first-order valence-electron chi connectivity index (χ1n) is 6.16. The molecule has 2 rings (SSSR count). The number of phenolic OH excluding ortho intramolecular Hbond substituents is 1. The molecule has 0 aromatic heterocycles. The second-order valence-electron chi connectivity index (χ2n) is 4.42. The summed E-state index contributed by atoms with van der Waals surface area (Å²) in [6.45, 7) is 1.31. The molecule has 0 saturated carbocycles. The Morgan fingerprint density at radius 2 is 1.76 bits per heavy atom. The zero-order chi connectivity index (χ0) is 15.5. The van der Waals surface area contributed by atoms with Crippen molar-refractivity contribution in [1.82, 2.24) is 0 Å². The number of ether oxygens (including phenoxy) is 1. The van der Waals surface area contributed by atoms with Gasteiger partial charge < -0.3 is 9.84 Å². The maximum Gasteiger partial charge on any atom is 0.302 e. The van der Waals surface area contributed by atoms with Crippen LogP contribution in [0.1, 0.15) is 12.5 Å². The van der Waals surface area contributed by atoms with Crippen LogP contribution in [0.4, 0.5) is 0 Å². The first-order chi connectivity index (χ1) is 9.89. The molecular weight excluding hydrogens is 292 g/mol. The molecule has 1 N–H and O–H groups in total. The topological polar surface area (TPSA) is 80.7 Å². The molecular formula is C15H14O5S. The van der Waals surface area contributed by atoms with Crippen LogP contribution in [-0.2, 0) is 26.0 Å². The Balaban J connectivity index is 2.34. The van der Waals surface area contributed by atoms with E-state index in [2.05, 4.69) is 0 Å². The zero-order valence-corrected chi connectivity index (χ0v) is 12.1. The van der Waals surface area contributed by atoms with E-state index in [-0.39, 0.29) is 22.1 Å². The van der Waals surface area contributed by atoms with E-state index in [9.17, 15) is 18.3 Å². The summed E-state index contributed by atoms with van der Waals surface area (Å²) in [5.74, 6) is -0.431. The number of hydrogen-bond donors (Lipinski definition) is 1. The maximum absolute atomic E-state index is 12.4. The summed E-state index contributed by atoms with van der Waals surface area (Å²) in [6, 6.07) is 11.5. The molecule has 2 aromatic carbocycles. The second kappa shape index (κ2) is 5.97. The number of esters is 1. The Hall–Kier alpha value is -2.34. The quantitative estimate of drug-likeness (QED) is 0.877. The van der Waals surface area contributed by atoms with Gasteiger partial charge in [-0.3, -0.25) is 4.79 Å². The van der Waals surface area contributed by atoms with Crippen molar-refractivity contribution in [3.8, 4) is 5.75 Å². The number of benzene rings is 2. The van der Waals surface area contributed by atoms with Crippen molar-refractivity contribution in [2.24, 2.45) is 0 Å². The van der Waals surface area contributed by atoms with E-state index in [0.717, 1.165) is 0 Å². The van der Waals surface area contributed by atoms with Crippen molar-refractivity contribution < 1.29 is 23.1 Å². The average Bonchev–Trinajstić information content (AvgIpc) is 2.46. The monoisotopic (exact) mass is 306 g/mol. The van der Waals surface area contributed by atoms with Crippen LogP contribution < -0.4 is 0 Å². The van der Waals surface area contributed by atoms with Crippen LogP contribution in [-0.4, -0.2) is 19.5 Å². The molecule has 5 nitrogen and oxygen atoms in total. The second-order valence-corrected chi connectivity index (χ2v) is 6.37. The predicted octanol–water partition coefficient (Wildman–Crippen LogP) is 2.29. The van der Waals surface area contributed by atoms with Gasteiger partial charge in [0.15, 0.2) is 0 Å². The third kappa shape index (κ3) is 3.61. The van der Waals surface area contributed by atoms with Gasteiger partial charge in [-0.2, -0.15) is 0 Å². The van der Waals surface area contributed by atoms with Crippen LogP contribution in [0.25, 0.3) is 0 Å². The lowest BCUT2D eigenvalue weighted by Crippen LogP contribution is -2.04. The van der Waals surface area contributed by atoms with Gasteiger partial charge in [0.2, 0.25) is 9.84 Å². The first kappa shape index (κ1) is 15.1. The first-order valence-corrected chi connectivity index (χ1v) is 7.64. The highest BCUT2D eigenvalue weighted by molar-refractivity contribution is 7.91. The van der Waals surface area contributed by atoms with Gasteiger partial charge in [-0.25, -0.2) is 8.42 Å². The summed E-state index contributed by atoms with van der Waals surface area (Å²) < 4.78 is 29.7. The van der Waals surface area contributed by atoms with Crippen molar-refractivity contribution in [2.45, 2.75) is 23.3 Å². The van der Waals surface area contributed by atoms with Gasteiger partial charge in [-0.05, 0) is 42.0 Å². The lowest BCUT2D eigenvalue weighted by molar-refractivity contribution is -0.142. The fourth-order valence-electron chi connectivity index (χ4n) is 1.75. The largest absolute Gasteiger partial charge is 0.508 e. The summed E-state index contributed by atoms with van der Waals surface area (Å²) in [6.07, 6.45) is 0. The normalized spacial score (nSPS) is 11.1. The number of hydrogen-bond acceptors (Lipinski definition) is 5. The van der Waals surface area contributed by atoms with Gasteiger partial charge in [0.25, 0.3) is 0 Å². The number of phenols is 1. The maximum atomic E-state index is 12.4. The molecule has 21 heavy (non-hydrogen) atoms. The van der Waals surface area contributed by atoms with Crippen molar-refractivity contribution in [3.63, 3.8) is 0 Å². The van der Waals surface area contributed by atoms with Gasteiger partial charge in [-0.15, -0.1) is 0 Å². The minimum Gasteiger partial charge on any atom is -0.508 e. The molecule has 0 fully saturated rings. The summed E-state index contributed by atoms with van der Waals surface area (Å²) in [7, 11) is -3.67. The van der Waals surface area contributed by atoms with E-state index in [1.54, 1.807) is 12.1 Å². The van der Waals surface area contributed by atoms with Crippen molar-refractivity contribution in [1.29, 1.82) is 0 Å². The Kier molecular flexibility index (Phi) is 4.28. The average molecular weight is 306 g/mol. The van der Waals surface area contributed by atoms with Crippen molar-refractivity contribution >= 4 is 15.8 Å². The Labute approximate surface area is 122 Å². The number of rotatable bonds is 4. The van der Waals surface area contributed by atoms with E-state index in [1.807, 2.05) is 0 Å². The molecule has 0 aliphatic carbocycles. The van der Waals surface area contributed by atoms with E-state index in [0.29, 0.717) is 5.56 Å². The van der Waals surface area contributed by atoms with E-state index >= 15 is 0 Å². The Morgan fingerprint density at radius 1 is 1.10 bits per heavy atom. The van der Waals surface area contributed by atoms with E-state index < -0.39 is 15.8 Å². The number of aromatic hydroxyl groups is 1. The summed E-state index contributed by atoms with van der Waals surface area (Å²) >= 11 is 0. The van der Waals surface area contributed by atoms with Crippen molar-refractivity contribution in [2.75, 3.05) is 0 Å². The highest BCUT2D eigenvalue weighted by atomic mass is 32.2. The Bertz CT molecular complexity index is 748. The van der Waals surface area contributed by atoms with Crippen molar-refractivity contribution in [3.05, 3.63) is 54.1 Å². The van der Waals surface area contributed by atoms with Gasteiger partial charge in [0.1, 0.15) is 12.4 Å². The smallest absolute Gasteiger partial charge is 0.302 e. The molecule has 0 saturated heterocycles. The zero-order valence-electron chi connectivity index (χ0n) is 11.3. The molecule has 0 spiro atoms. The minimum absolute atomic E-state index is 0.00226. The predicted molar refractivity (Wildman–Crippen MR) is 75.5 cm³/mol. The minimum atomic E-state index is -3.67. The van der Waals surface area contributed by atoms with E-state index in [4.69, 9.17) is 4.74 Å². The fraction of sp³-hybridized carbons (Fsp3) is 0.133. The fourth-order valence-corrected chi connectivity index (χ4v) is 3.08. The van der Waals surface area contributed by atoms with Gasteiger partial charge in [0, 0.05) is 6.92 Å². The molecule has 0 bridgehead atoms. The molecule has 0 aliphatic heterocycles.